The van der Waals surface area contributed by atoms with E-state index in [0.29, 0.717) is 37.0 Å². The molecule has 2 aromatic heterocycles. The van der Waals surface area contributed by atoms with Crippen molar-refractivity contribution in [3.63, 3.8) is 0 Å². The summed E-state index contributed by atoms with van der Waals surface area (Å²) in [5, 5.41) is 3.26. The van der Waals surface area contributed by atoms with Crippen LogP contribution in [0.25, 0.3) is 11.0 Å². The lowest BCUT2D eigenvalue weighted by Crippen LogP contribution is -2.53. The third kappa shape index (κ3) is 4.77. The number of aryl methyl sites for hydroxylation is 1. The molecule has 3 rings (SSSR count). The fraction of sp³-hybridized carbons (Fsp3) is 0.556. The Hall–Kier alpha value is -2.85. The Morgan fingerprint density at radius 1 is 1.31 bits per heavy atom. The van der Waals surface area contributed by atoms with Gasteiger partial charge in [0.15, 0.2) is 18.1 Å². The van der Waals surface area contributed by atoms with Gasteiger partial charge >= 0.3 is 0 Å². The number of ether oxygens (including phenoxy) is 1. The lowest BCUT2D eigenvalue weighted by molar-refractivity contribution is -0.120. The highest BCUT2D eigenvalue weighted by Crippen LogP contribution is 2.35. The molecule has 0 aliphatic carbocycles. The summed E-state index contributed by atoms with van der Waals surface area (Å²) < 4.78 is 43.9. The predicted octanol–water partition coefficient (Wildman–Crippen LogP) is 2.77. The summed E-state index contributed by atoms with van der Waals surface area (Å²) in [6.45, 7) is 5.24. The number of anilines is 2. The molecule has 0 aromatic carbocycles. The van der Waals surface area contributed by atoms with Crippen molar-refractivity contribution in [2.24, 2.45) is 0 Å². The van der Waals surface area contributed by atoms with Gasteiger partial charge in [0.2, 0.25) is 11.8 Å². The maximum atomic E-state index is 13.2. The van der Waals surface area contributed by atoms with Gasteiger partial charge in [0.1, 0.15) is 11.5 Å². The third-order valence-corrected chi connectivity index (χ3v) is 4.87. The molecule has 1 saturated heterocycles. The van der Waals surface area contributed by atoms with Crippen LogP contribution in [0.1, 0.15) is 32.5 Å². The largest absolute Gasteiger partial charge is 0.470 e. The van der Waals surface area contributed by atoms with Crippen LogP contribution in [0.3, 0.4) is 0 Å². The summed E-state index contributed by atoms with van der Waals surface area (Å²) in [5.74, 6) is 0.118. The molecule has 2 N–H and O–H groups in total. The summed E-state index contributed by atoms with van der Waals surface area (Å²) in [4.78, 5) is 25.8. The number of hydrogen-bond donors (Lipinski definition) is 2. The van der Waals surface area contributed by atoms with Gasteiger partial charge in [-0.05, 0) is 32.8 Å². The van der Waals surface area contributed by atoms with Crippen LogP contribution in [0, 0.1) is 6.92 Å². The molecule has 158 valence electrons. The van der Waals surface area contributed by atoms with Crippen LogP contribution in [0.5, 0.6) is 5.88 Å². The highest BCUT2D eigenvalue weighted by molar-refractivity contribution is 5.90. The zero-order chi connectivity index (χ0) is 21.2. The zero-order valence-corrected chi connectivity index (χ0v) is 16.4. The summed E-state index contributed by atoms with van der Waals surface area (Å²) in [6, 6.07) is 1.59. The fourth-order valence-corrected chi connectivity index (χ4v) is 3.47. The van der Waals surface area contributed by atoms with Crippen molar-refractivity contribution in [3.05, 3.63) is 11.9 Å². The number of nitrogens with one attached hydrogen (secondary N) is 2. The molecule has 0 radical (unpaired) electrons. The summed E-state index contributed by atoms with van der Waals surface area (Å²) in [5.41, 5.74) is 1.76. The van der Waals surface area contributed by atoms with Gasteiger partial charge in [0, 0.05) is 25.6 Å². The van der Waals surface area contributed by atoms with Crippen molar-refractivity contribution < 1.29 is 22.8 Å². The second-order valence-electron chi connectivity index (χ2n) is 7.33. The molecule has 0 bridgehead atoms. The Bertz CT molecular complexity index is 903. The van der Waals surface area contributed by atoms with E-state index < -0.39 is 13.0 Å². The van der Waals surface area contributed by atoms with Crippen LogP contribution < -0.4 is 20.5 Å². The topological polar surface area (TPSA) is 92.3 Å². The van der Waals surface area contributed by atoms with Crippen LogP contribution >= 0.6 is 0 Å². The molecule has 1 amide bonds. The predicted molar refractivity (Wildman–Crippen MR) is 102 cm³/mol. The number of fused-ring (bicyclic) bond motifs is 1. The van der Waals surface area contributed by atoms with Crippen LogP contribution in [0.15, 0.2) is 6.07 Å². The molecule has 29 heavy (non-hydrogen) atoms. The Kier molecular flexibility index (Phi) is 5.94. The monoisotopic (exact) mass is 412 g/mol. The van der Waals surface area contributed by atoms with Crippen molar-refractivity contribution >= 4 is 28.4 Å². The summed E-state index contributed by atoms with van der Waals surface area (Å²) in [6.07, 6.45) is -1.39. The lowest BCUT2D eigenvalue weighted by atomic mass is 9.89. The molecule has 0 atom stereocenters. The first-order valence-corrected chi connectivity index (χ1v) is 9.21. The van der Waals surface area contributed by atoms with E-state index in [9.17, 15) is 18.1 Å². The van der Waals surface area contributed by atoms with Crippen LogP contribution in [-0.2, 0) is 4.79 Å². The molecule has 1 aliphatic rings. The number of carbonyl (C=O) groups excluding carboxylic acids is 1. The Morgan fingerprint density at radius 3 is 2.59 bits per heavy atom. The minimum absolute atomic E-state index is 0.00355. The van der Waals surface area contributed by atoms with Gasteiger partial charge in [-0.3, -0.25) is 4.79 Å². The number of halogens is 3. The first kappa shape index (κ1) is 20.9. The second kappa shape index (κ2) is 8.26. The first-order valence-electron chi connectivity index (χ1n) is 9.21. The number of nitrogens with zero attached hydrogens (tertiary/aromatic N) is 4. The molecule has 1 aliphatic heterocycles. The zero-order valence-electron chi connectivity index (χ0n) is 16.4. The number of rotatable bonds is 6. The Balaban J connectivity index is 1.97. The van der Waals surface area contributed by atoms with Gasteiger partial charge in [-0.2, -0.15) is 4.98 Å². The maximum absolute atomic E-state index is 13.2. The molecule has 0 unspecified atom stereocenters. The molecule has 3 heterocycles. The molecule has 0 spiro atoms. The molecule has 0 saturated carbocycles. The SMILES string of the molecule is CC(=O)NC1(C)CCN(c2cc3c(NF)nc(C)nc3nc2OCC(F)F)CC1. The molecule has 2 aromatic rings. The average Bonchev–Trinajstić information content (AvgIpc) is 2.64. The van der Waals surface area contributed by atoms with Crippen LogP contribution in [-0.4, -0.2) is 52.5 Å². The van der Waals surface area contributed by atoms with Crippen molar-refractivity contribution in [1.29, 1.82) is 0 Å². The number of piperidine rings is 1. The van der Waals surface area contributed by atoms with Crippen molar-refractivity contribution in [3.8, 4) is 5.88 Å². The number of carbonyl (C=O) groups is 1. The van der Waals surface area contributed by atoms with E-state index in [1.54, 1.807) is 13.0 Å². The number of pyridine rings is 1. The van der Waals surface area contributed by atoms with Crippen LogP contribution in [0.4, 0.5) is 24.8 Å². The van der Waals surface area contributed by atoms with E-state index in [1.807, 2.05) is 11.8 Å². The van der Waals surface area contributed by atoms with E-state index in [1.165, 1.54) is 12.5 Å². The lowest BCUT2D eigenvalue weighted by Gasteiger charge is -2.41. The second-order valence-corrected chi connectivity index (χ2v) is 7.33. The van der Waals surface area contributed by atoms with Gasteiger partial charge < -0.3 is 15.0 Å². The van der Waals surface area contributed by atoms with Crippen LogP contribution in [0.2, 0.25) is 0 Å². The third-order valence-electron chi connectivity index (χ3n) is 4.87. The van der Waals surface area contributed by atoms with Gasteiger partial charge in [0.25, 0.3) is 6.43 Å². The minimum Gasteiger partial charge on any atom is -0.470 e. The van der Waals surface area contributed by atoms with E-state index in [4.69, 9.17) is 4.74 Å². The normalized spacial score (nSPS) is 16.2. The van der Waals surface area contributed by atoms with Crippen molar-refractivity contribution in [1.82, 2.24) is 20.3 Å². The molecular formula is C18H23F3N6O2. The van der Waals surface area contributed by atoms with E-state index in [-0.39, 0.29) is 34.6 Å². The molecule has 8 nitrogen and oxygen atoms in total. The summed E-state index contributed by atoms with van der Waals surface area (Å²) in [7, 11) is 0. The Labute approximate surface area is 165 Å². The highest BCUT2D eigenvalue weighted by atomic mass is 19.3. The first-order chi connectivity index (χ1) is 13.7. The average molecular weight is 412 g/mol. The molecule has 11 heteroatoms. The highest BCUT2D eigenvalue weighted by Gasteiger charge is 2.32. The van der Waals surface area contributed by atoms with E-state index in [2.05, 4.69) is 20.3 Å². The number of hydrogen-bond acceptors (Lipinski definition) is 7. The molecule has 1 fully saturated rings. The standard InChI is InChI=1S/C18H23F3N6O2/c1-10-22-15-12(16(23-10)26-21)8-13(17(24-15)29-9-14(19)20)27-6-4-18(3,5-7-27)25-11(2)28/h8,14H,4-7,9H2,1-3H3,(H,25,28)(H,22,23,24,26). The summed E-state index contributed by atoms with van der Waals surface area (Å²) >= 11 is 0. The van der Waals surface area contributed by atoms with Gasteiger partial charge in [-0.15, -0.1) is 4.48 Å². The number of aromatic nitrogens is 3. The van der Waals surface area contributed by atoms with Crippen molar-refractivity contribution in [2.75, 3.05) is 30.1 Å². The Morgan fingerprint density at radius 2 is 2.00 bits per heavy atom. The smallest absolute Gasteiger partial charge is 0.272 e. The van der Waals surface area contributed by atoms with E-state index in [0.717, 1.165) is 0 Å². The minimum atomic E-state index is -2.67. The quantitative estimate of drug-likeness (QED) is 0.705. The number of alkyl halides is 2. The van der Waals surface area contributed by atoms with Gasteiger partial charge in [-0.25, -0.2) is 24.3 Å². The molecular weight excluding hydrogens is 389 g/mol. The maximum Gasteiger partial charge on any atom is 0.272 e. The van der Waals surface area contributed by atoms with Gasteiger partial charge in [-0.1, -0.05) is 0 Å². The van der Waals surface area contributed by atoms with Crippen molar-refractivity contribution in [2.45, 2.75) is 45.6 Å². The van der Waals surface area contributed by atoms with E-state index >= 15 is 0 Å². The number of amides is 1. The van der Waals surface area contributed by atoms with Gasteiger partial charge in [0.05, 0.1) is 5.39 Å². The fourth-order valence-electron chi connectivity index (χ4n) is 3.47.